The molecule has 0 aliphatic heterocycles. The van der Waals surface area contributed by atoms with Crippen LogP contribution >= 0.6 is 0 Å². The molecule has 4 saturated carbocycles. The van der Waals surface area contributed by atoms with E-state index in [1.807, 2.05) is 43.5 Å². The molecule has 2 N–H and O–H groups in total. The zero-order valence-corrected chi connectivity index (χ0v) is 17.6. The fourth-order valence-electron chi connectivity index (χ4n) is 8.26. The number of aromatic hydroxyl groups is 1. The van der Waals surface area contributed by atoms with Crippen LogP contribution in [-0.4, -0.2) is 31.1 Å². The fraction of sp³-hybridized carbons (Fsp3) is 0.480. The summed E-state index contributed by atoms with van der Waals surface area (Å²) >= 11 is 0. The zero-order valence-electron chi connectivity index (χ0n) is 17.6. The number of amides is 1. The molecule has 3 aromatic heterocycles. The smallest absolute Gasteiger partial charge is 0.270 e. The van der Waals surface area contributed by atoms with Gasteiger partial charge < -0.3 is 15.0 Å². The monoisotopic (exact) mass is 414 g/mol. The molecule has 7 rings (SSSR count). The molecule has 0 aromatic carbocycles. The van der Waals surface area contributed by atoms with Crippen molar-refractivity contribution in [1.82, 2.24) is 19.9 Å². The Morgan fingerprint density at radius 1 is 1.16 bits per heavy atom. The van der Waals surface area contributed by atoms with E-state index >= 15 is 0 Å². The van der Waals surface area contributed by atoms with Gasteiger partial charge in [-0.1, -0.05) is 6.07 Å². The van der Waals surface area contributed by atoms with Crippen molar-refractivity contribution in [2.75, 3.05) is 0 Å². The molecular weight excluding hydrogens is 388 g/mol. The van der Waals surface area contributed by atoms with Gasteiger partial charge in [-0.15, -0.1) is 0 Å². The molecule has 1 spiro atoms. The minimum Gasteiger partial charge on any atom is -0.494 e. The van der Waals surface area contributed by atoms with Crippen molar-refractivity contribution in [3.8, 4) is 5.88 Å². The normalized spacial score (nSPS) is 37.1. The van der Waals surface area contributed by atoms with E-state index in [0.29, 0.717) is 23.4 Å². The summed E-state index contributed by atoms with van der Waals surface area (Å²) in [5.41, 5.74) is 2.19. The van der Waals surface area contributed by atoms with Gasteiger partial charge in [0.2, 0.25) is 5.88 Å². The highest BCUT2D eigenvalue weighted by molar-refractivity contribution is 5.93. The van der Waals surface area contributed by atoms with Gasteiger partial charge in [0.1, 0.15) is 5.69 Å². The van der Waals surface area contributed by atoms with Crippen molar-refractivity contribution < 1.29 is 9.90 Å². The Bertz CT molecular complexity index is 1260. The van der Waals surface area contributed by atoms with Crippen LogP contribution in [-0.2, 0) is 5.54 Å². The Morgan fingerprint density at radius 2 is 2.06 bits per heavy atom. The number of nitrogens with zero attached hydrogens (tertiary/aromatic N) is 3. The number of pyridine rings is 2. The average Bonchev–Trinajstić information content (AvgIpc) is 3.25. The van der Waals surface area contributed by atoms with Gasteiger partial charge in [-0.05, 0) is 87.0 Å². The van der Waals surface area contributed by atoms with Crippen LogP contribution in [0.25, 0.3) is 10.9 Å². The fourth-order valence-corrected chi connectivity index (χ4v) is 8.26. The predicted octanol–water partition coefficient (Wildman–Crippen LogP) is 3.92. The van der Waals surface area contributed by atoms with E-state index in [2.05, 4.69) is 19.9 Å². The second-order valence-electron chi connectivity index (χ2n) is 10.6. The predicted molar refractivity (Wildman–Crippen MR) is 116 cm³/mol. The van der Waals surface area contributed by atoms with Gasteiger partial charge >= 0.3 is 0 Å². The molecule has 4 aliphatic carbocycles. The standard InChI is InChI=1S/C25H26N4O2/c1-15-4-2-6-19(27-15)21(30)28-25-10-16-8-23(11-17(12-25)24(25,9-16)14-23)29-13-20-18(22(29)31)5-3-7-26-20/h2-7,13,16-17,31H,8-12,14H2,1H3,(H,28,30). The molecule has 3 bridgehead atoms. The number of hydrogen-bond acceptors (Lipinski definition) is 4. The summed E-state index contributed by atoms with van der Waals surface area (Å²) in [6.07, 6.45) is 10.3. The largest absolute Gasteiger partial charge is 0.494 e. The maximum atomic E-state index is 13.1. The van der Waals surface area contributed by atoms with Crippen LogP contribution in [0.15, 0.2) is 42.7 Å². The molecule has 3 heterocycles. The van der Waals surface area contributed by atoms with Crippen molar-refractivity contribution in [3.63, 3.8) is 0 Å². The molecule has 6 nitrogen and oxygen atoms in total. The third-order valence-corrected chi connectivity index (χ3v) is 9.10. The first-order chi connectivity index (χ1) is 14.9. The van der Waals surface area contributed by atoms with Gasteiger partial charge in [-0.2, -0.15) is 0 Å². The van der Waals surface area contributed by atoms with Gasteiger partial charge in [0.15, 0.2) is 0 Å². The molecule has 5 unspecified atom stereocenters. The van der Waals surface area contributed by atoms with Gasteiger partial charge in [0, 0.05) is 29.2 Å². The minimum absolute atomic E-state index is 0.0414. The summed E-state index contributed by atoms with van der Waals surface area (Å²) in [5.74, 6) is 1.48. The van der Waals surface area contributed by atoms with E-state index in [4.69, 9.17) is 0 Å². The first-order valence-corrected chi connectivity index (χ1v) is 11.4. The number of rotatable bonds is 3. The molecule has 0 saturated heterocycles. The summed E-state index contributed by atoms with van der Waals surface area (Å²) in [4.78, 5) is 22.1. The van der Waals surface area contributed by atoms with Crippen molar-refractivity contribution in [1.29, 1.82) is 0 Å². The Morgan fingerprint density at radius 3 is 2.90 bits per heavy atom. The third-order valence-electron chi connectivity index (χ3n) is 9.10. The topological polar surface area (TPSA) is 80.0 Å². The molecule has 6 heteroatoms. The van der Waals surface area contributed by atoms with E-state index in [1.54, 1.807) is 6.20 Å². The quantitative estimate of drug-likeness (QED) is 0.681. The van der Waals surface area contributed by atoms with Gasteiger partial charge in [0.25, 0.3) is 5.91 Å². The number of aromatic nitrogens is 3. The second-order valence-corrected chi connectivity index (χ2v) is 10.6. The third kappa shape index (κ3) is 2.06. The van der Waals surface area contributed by atoms with Crippen molar-refractivity contribution >= 4 is 16.8 Å². The van der Waals surface area contributed by atoms with Crippen LogP contribution in [0.3, 0.4) is 0 Å². The molecule has 1 amide bonds. The summed E-state index contributed by atoms with van der Waals surface area (Å²) in [5, 5.41) is 15.4. The lowest BCUT2D eigenvalue weighted by molar-refractivity contribution is -0.0500. The van der Waals surface area contributed by atoms with Crippen LogP contribution < -0.4 is 5.32 Å². The number of hydrogen-bond donors (Lipinski definition) is 2. The van der Waals surface area contributed by atoms with Crippen LogP contribution in [0.1, 0.15) is 54.7 Å². The highest BCUT2D eigenvalue weighted by Crippen LogP contribution is 2.79. The average molecular weight is 415 g/mol. The van der Waals surface area contributed by atoms with Gasteiger partial charge in [-0.25, -0.2) is 4.98 Å². The summed E-state index contributed by atoms with van der Waals surface area (Å²) in [6.45, 7) is 1.92. The highest BCUT2D eigenvalue weighted by Gasteiger charge is 2.78. The van der Waals surface area contributed by atoms with Gasteiger partial charge in [-0.3, -0.25) is 9.78 Å². The molecule has 4 aliphatic rings. The summed E-state index contributed by atoms with van der Waals surface area (Å²) in [6, 6.07) is 9.46. The molecule has 0 radical (unpaired) electrons. The number of fused-ring (bicyclic) bond motifs is 3. The minimum atomic E-state index is -0.121. The van der Waals surface area contributed by atoms with Gasteiger partial charge in [0.05, 0.1) is 10.9 Å². The molecule has 4 fully saturated rings. The van der Waals surface area contributed by atoms with E-state index in [0.717, 1.165) is 48.7 Å². The lowest BCUT2D eigenvalue weighted by Crippen LogP contribution is -2.67. The van der Waals surface area contributed by atoms with Crippen molar-refractivity contribution in [2.45, 2.75) is 56.5 Å². The summed E-state index contributed by atoms with van der Waals surface area (Å²) < 4.78 is 2.14. The number of nitrogens with one attached hydrogen (secondary N) is 1. The highest BCUT2D eigenvalue weighted by atomic mass is 16.3. The number of aryl methyl sites for hydroxylation is 1. The van der Waals surface area contributed by atoms with E-state index < -0.39 is 0 Å². The number of carbonyl (C=O) groups is 1. The van der Waals surface area contributed by atoms with Crippen LogP contribution in [0, 0.1) is 24.2 Å². The SMILES string of the molecule is Cc1cccc(C(=O)NC23CC4CC5(n6cc7ncccc7c6O)CC(C2)C3(C4)C5)n1. The maximum Gasteiger partial charge on any atom is 0.270 e. The second kappa shape index (κ2) is 5.47. The number of carbonyl (C=O) groups excluding carboxylic acids is 1. The molecule has 158 valence electrons. The van der Waals surface area contributed by atoms with Crippen LogP contribution in [0.5, 0.6) is 5.88 Å². The zero-order chi connectivity index (χ0) is 21.0. The maximum absolute atomic E-state index is 13.1. The molecule has 5 atom stereocenters. The van der Waals surface area contributed by atoms with E-state index in [9.17, 15) is 9.90 Å². The van der Waals surface area contributed by atoms with E-state index in [1.165, 1.54) is 6.42 Å². The molecular formula is C25H26N4O2. The Balaban J connectivity index is 1.26. The first-order valence-electron chi connectivity index (χ1n) is 11.4. The molecule has 3 aromatic rings. The summed E-state index contributed by atoms with van der Waals surface area (Å²) in [7, 11) is 0. The molecule has 31 heavy (non-hydrogen) atoms. The van der Waals surface area contributed by atoms with E-state index in [-0.39, 0.29) is 22.4 Å². The van der Waals surface area contributed by atoms with Crippen LogP contribution in [0.2, 0.25) is 0 Å². The van der Waals surface area contributed by atoms with Crippen LogP contribution in [0.4, 0.5) is 0 Å². The Hall–Kier alpha value is -2.89. The lowest BCUT2D eigenvalue weighted by Gasteiger charge is -2.59. The van der Waals surface area contributed by atoms with Crippen molar-refractivity contribution in [3.05, 3.63) is 54.1 Å². The first kappa shape index (κ1) is 17.8. The Kier molecular flexibility index (Phi) is 3.13. The van der Waals surface area contributed by atoms with Crippen molar-refractivity contribution in [2.24, 2.45) is 17.3 Å². The lowest BCUT2D eigenvalue weighted by atomic mass is 9.50. The Labute approximate surface area is 180 Å².